The number of hydrogen-bond acceptors (Lipinski definition) is 4. The molecule has 0 aromatic carbocycles. The van der Waals surface area contributed by atoms with Gasteiger partial charge in [-0.05, 0) is 41.0 Å². The molecule has 20 heavy (non-hydrogen) atoms. The molecule has 1 saturated heterocycles. The van der Waals surface area contributed by atoms with Gasteiger partial charge in [-0.1, -0.05) is 6.92 Å². The molecule has 2 rings (SSSR count). The molecule has 2 unspecified atom stereocenters. The number of hydrogen-bond donors (Lipinski definition) is 1. The molecular formula is C14H19BrN2O3. The molecular weight excluding hydrogens is 324 g/mol. The molecule has 1 aromatic rings. The Morgan fingerprint density at radius 3 is 2.95 bits per heavy atom. The number of carboxylic acids is 1. The van der Waals surface area contributed by atoms with Crippen LogP contribution in [0.15, 0.2) is 22.8 Å². The van der Waals surface area contributed by atoms with Gasteiger partial charge in [0.15, 0.2) is 0 Å². The Morgan fingerprint density at radius 2 is 2.35 bits per heavy atom. The first kappa shape index (κ1) is 15.4. The predicted octanol–water partition coefficient (Wildman–Crippen LogP) is 2.16. The molecule has 0 bridgehead atoms. The molecule has 1 fully saturated rings. The Labute approximate surface area is 127 Å². The smallest absolute Gasteiger partial charge is 0.310 e. The van der Waals surface area contributed by atoms with Gasteiger partial charge in [-0.15, -0.1) is 0 Å². The van der Waals surface area contributed by atoms with Crippen molar-refractivity contribution in [3.8, 4) is 0 Å². The second-order valence-corrected chi connectivity index (χ2v) is 5.90. The average Bonchev–Trinajstić information content (AvgIpc) is 2.90. The Morgan fingerprint density at radius 1 is 1.55 bits per heavy atom. The van der Waals surface area contributed by atoms with Gasteiger partial charge in [0.25, 0.3) is 0 Å². The quantitative estimate of drug-likeness (QED) is 0.858. The summed E-state index contributed by atoms with van der Waals surface area (Å²) in [4.78, 5) is 17.8. The van der Waals surface area contributed by atoms with Crippen molar-refractivity contribution in [2.45, 2.75) is 25.9 Å². The van der Waals surface area contributed by atoms with E-state index in [1.54, 1.807) is 6.20 Å². The van der Waals surface area contributed by atoms with Crippen molar-refractivity contribution in [3.63, 3.8) is 0 Å². The van der Waals surface area contributed by atoms with Crippen LogP contribution in [-0.4, -0.2) is 46.8 Å². The molecule has 1 N–H and O–H groups in total. The molecule has 1 aliphatic rings. The van der Waals surface area contributed by atoms with Crippen LogP contribution in [0.3, 0.4) is 0 Å². The lowest BCUT2D eigenvalue weighted by atomic mass is 10.0. The molecule has 5 nitrogen and oxygen atoms in total. The van der Waals surface area contributed by atoms with Gasteiger partial charge in [-0.2, -0.15) is 0 Å². The topological polar surface area (TPSA) is 62.7 Å². The van der Waals surface area contributed by atoms with Crippen LogP contribution >= 0.6 is 15.9 Å². The summed E-state index contributed by atoms with van der Waals surface area (Å²) < 4.78 is 6.31. The highest BCUT2D eigenvalue weighted by Gasteiger charge is 2.37. The standard InChI is InChI=1S/C14H19BrN2O3/c1-2-5-17(7-11-4-3-10(15)6-16-11)13-9-20-8-12(13)14(18)19/h3-4,6,12-13H,2,5,7-9H2,1H3,(H,18,19). The molecule has 0 saturated carbocycles. The van der Waals surface area contributed by atoms with E-state index < -0.39 is 11.9 Å². The number of rotatable bonds is 6. The minimum atomic E-state index is -0.780. The van der Waals surface area contributed by atoms with Gasteiger partial charge in [-0.3, -0.25) is 14.7 Å². The summed E-state index contributed by atoms with van der Waals surface area (Å²) in [5, 5.41) is 9.27. The predicted molar refractivity (Wildman–Crippen MR) is 78.4 cm³/mol. The average molecular weight is 343 g/mol. The minimum Gasteiger partial charge on any atom is -0.481 e. The molecule has 110 valence electrons. The Hall–Kier alpha value is -0.980. The van der Waals surface area contributed by atoms with Crippen LogP contribution in [0.25, 0.3) is 0 Å². The first-order chi connectivity index (χ1) is 9.61. The van der Waals surface area contributed by atoms with Crippen LogP contribution in [0.4, 0.5) is 0 Å². The first-order valence-electron chi connectivity index (χ1n) is 6.77. The van der Waals surface area contributed by atoms with Crippen molar-refractivity contribution in [2.24, 2.45) is 5.92 Å². The summed E-state index contributed by atoms with van der Waals surface area (Å²) in [6, 6.07) is 3.84. The van der Waals surface area contributed by atoms with Gasteiger partial charge >= 0.3 is 5.97 Å². The van der Waals surface area contributed by atoms with E-state index in [1.807, 2.05) is 12.1 Å². The van der Waals surface area contributed by atoms with Crippen molar-refractivity contribution in [2.75, 3.05) is 19.8 Å². The summed E-state index contributed by atoms with van der Waals surface area (Å²) in [6.07, 6.45) is 2.73. The maximum absolute atomic E-state index is 11.3. The summed E-state index contributed by atoms with van der Waals surface area (Å²) in [7, 11) is 0. The van der Waals surface area contributed by atoms with E-state index in [-0.39, 0.29) is 6.04 Å². The zero-order valence-electron chi connectivity index (χ0n) is 11.5. The third-order valence-electron chi connectivity index (χ3n) is 3.50. The van der Waals surface area contributed by atoms with Crippen molar-refractivity contribution in [1.82, 2.24) is 9.88 Å². The molecule has 2 heterocycles. The van der Waals surface area contributed by atoms with E-state index in [4.69, 9.17) is 4.74 Å². The van der Waals surface area contributed by atoms with E-state index in [9.17, 15) is 9.90 Å². The van der Waals surface area contributed by atoms with Gasteiger partial charge in [-0.25, -0.2) is 0 Å². The van der Waals surface area contributed by atoms with Crippen molar-refractivity contribution in [3.05, 3.63) is 28.5 Å². The molecule has 1 aliphatic heterocycles. The highest BCUT2D eigenvalue weighted by Crippen LogP contribution is 2.22. The summed E-state index contributed by atoms with van der Waals surface area (Å²) in [5.41, 5.74) is 0.942. The van der Waals surface area contributed by atoms with Crippen LogP contribution < -0.4 is 0 Å². The third-order valence-corrected chi connectivity index (χ3v) is 3.97. The SMILES string of the molecule is CCCN(Cc1ccc(Br)cn1)C1COCC1C(=O)O. The third kappa shape index (κ3) is 3.77. The largest absolute Gasteiger partial charge is 0.481 e. The lowest BCUT2D eigenvalue weighted by Crippen LogP contribution is -2.43. The van der Waals surface area contributed by atoms with E-state index in [0.29, 0.717) is 19.8 Å². The molecule has 0 spiro atoms. The number of pyridine rings is 1. The second-order valence-electron chi connectivity index (χ2n) is 4.99. The maximum Gasteiger partial charge on any atom is 0.310 e. The number of ether oxygens (including phenoxy) is 1. The number of aromatic nitrogens is 1. The Kier molecular flexibility index (Phi) is 5.51. The highest BCUT2D eigenvalue weighted by molar-refractivity contribution is 9.10. The Bertz CT molecular complexity index is 452. The first-order valence-corrected chi connectivity index (χ1v) is 7.56. The lowest BCUT2D eigenvalue weighted by molar-refractivity contribution is -0.143. The normalized spacial score (nSPS) is 22.4. The number of nitrogens with zero attached hydrogens (tertiary/aromatic N) is 2. The van der Waals surface area contributed by atoms with Crippen molar-refractivity contribution < 1.29 is 14.6 Å². The van der Waals surface area contributed by atoms with Crippen molar-refractivity contribution in [1.29, 1.82) is 0 Å². The molecule has 2 atom stereocenters. The maximum atomic E-state index is 11.3. The van der Waals surface area contributed by atoms with Gasteiger partial charge in [0, 0.05) is 23.3 Å². The van der Waals surface area contributed by atoms with E-state index in [1.165, 1.54) is 0 Å². The highest BCUT2D eigenvalue weighted by atomic mass is 79.9. The van der Waals surface area contributed by atoms with Gasteiger partial charge < -0.3 is 9.84 Å². The van der Waals surface area contributed by atoms with E-state index in [0.717, 1.165) is 23.1 Å². The number of halogens is 1. The summed E-state index contributed by atoms with van der Waals surface area (Å²) in [6.45, 7) is 4.36. The molecule has 1 aromatic heterocycles. The van der Waals surface area contributed by atoms with Gasteiger partial charge in [0.2, 0.25) is 0 Å². The van der Waals surface area contributed by atoms with Crippen LogP contribution in [0, 0.1) is 5.92 Å². The van der Waals surface area contributed by atoms with E-state index >= 15 is 0 Å². The fraction of sp³-hybridized carbons (Fsp3) is 0.571. The van der Waals surface area contributed by atoms with Crippen LogP contribution in [0.1, 0.15) is 19.0 Å². The lowest BCUT2D eigenvalue weighted by Gasteiger charge is -2.29. The van der Waals surface area contributed by atoms with Crippen LogP contribution in [0.2, 0.25) is 0 Å². The molecule has 0 radical (unpaired) electrons. The van der Waals surface area contributed by atoms with E-state index in [2.05, 4.69) is 32.7 Å². The monoisotopic (exact) mass is 342 g/mol. The van der Waals surface area contributed by atoms with Crippen LogP contribution in [0.5, 0.6) is 0 Å². The Balaban J connectivity index is 2.10. The van der Waals surface area contributed by atoms with Gasteiger partial charge in [0.05, 0.1) is 24.8 Å². The molecule has 0 aliphatic carbocycles. The zero-order chi connectivity index (χ0) is 14.5. The summed E-state index contributed by atoms with van der Waals surface area (Å²) in [5.74, 6) is -1.23. The molecule has 0 amide bonds. The zero-order valence-corrected chi connectivity index (χ0v) is 13.0. The number of aliphatic carboxylic acids is 1. The van der Waals surface area contributed by atoms with Gasteiger partial charge in [0.1, 0.15) is 0 Å². The van der Waals surface area contributed by atoms with Crippen molar-refractivity contribution >= 4 is 21.9 Å². The number of carboxylic acid groups (broad SMARTS) is 1. The summed E-state index contributed by atoms with van der Waals surface area (Å²) >= 11 is 3.36. The fourth-order valence-electron chi connectivity index (χ4n) is 2.50. The minimum absolute atomic E-state index is 0.0714. The van der Waals surface area contributed by atoms with Crippen LogP contribution in [-0.2, 0) is 16.1 Å². The molecule has 6 heteroatoms. The fourth-order valence-corrected chi connectivity index (χ4v) is 2.73. The second kappa shape index (κ2) is 7.15. The number of carbonyl (C=O) groups is 1.